The smallest absolute Gasteiger partial charge is 0.253 e. The predicted octanol–water partition coefficient (Wildman–Crippen LogP) is 2.88. The van der Waals surface area contributed by atoms with Crippen molar-refractivity contribution in [3.05, 3.63) is 29.8 Å². The lowest BCUT2D eigenvalue weighted by molar-refractivity contribution is 0.0804. The number of benzene rings is 1. The fourth-order valence-corrected chi connectivity index (χ4v) is 2.12. The van der Waals surface area contributed by atoms with E-state index in [9.17, 15) is 4.79 Å². The highest BCUT2D eigenvalue weighted by atomic mass is 79.9. The summed E-state index contributed by atoms with van der Waals surface area (Å²) >= 11 is 4.99. The van der Waals surface area contributed by atoms with E-state index in [0.29, 0.717) is 0 Å². The zero-order valence-electron chi connectivity index (χ0n) is 8.87. The van der Waals surface area contributed by atoms with Crippen LogP contribution in [0.5, 0.6) is 0 Å². The molecule has 0 radical (unpaired) electrons. The normalized spacial score (nSPS) is 10.1. The number of thioether (sulfide) groups is 1. The van der Waals surface area contributed by atoms with E-state index in [1.807, 2.05) is 37.6 Å². The Hall–Kier alpha value is -0.480. The molecule has 82 valence electrons. The van der Waals surface area contributed by atoms with Crippen LogP contribution in [0.25, 0.3) is 0 Å². The number of carbonyl (C=O) groups excluding carboxylic acids is 1. The van der Waals surface area contributed by atoms with E-state index in [4.69, 9.17) is 0 Å². The van der Waals surface area contributed by atoms with E-state index >= 15 is 0 Å². The van der Waals surface area contributed by atoms with Crippen molar-refractivity contribution in [3.8, 4) is 0 Å². The molecule has 2 nitrogen and oxygen atoms in total. The van der Waals surface area contributed by atoms with Gasteiger partial charge < -0.3 is 4.90 Å². The molecule has 1 rings (SSSR count). The fourth-order valence-electron chi connectivity index (χ4n) is 1.18. The lowest BCUT2D eigenvalue weighted by atomic mass is 10.2. The molecule has 15 heavy (non-hydrogen) atoms. The first-order valence-corrected chi connectivity index (χ1v) is 6.99. The molecule has 1 aromatic rings. The molecule has 0 aliphatic heterocycles. The zero-order chi connectivity index (χ0) is 11.3. The van der Waals surface area contributed by atoms with Crippen LogP contribution in [0.15, 0.2) is 29.2 Å². The number of rotatable bonds is 4. The lowest BCUT2D eigenvalue weighted by Gasteiger charge is -2.15. The van der Waals surface area contributed by atoms with Crippen molar-refractivity contribution in [2.75, 3.05) is 25.2 Å². The van der Waals surface area contributed by atoms with Gasteiger partial charge in [0.15, 0.2) is 0 Å². The highest BCUT2D eigenvalue weighted by Gasteiger charge is 2.10. The molecule has 0 aliphatic rings. The molecule has 0 saturated heterocycles. The van der Waals surface area contributed by atoms with Crippen LogP contribution >= 0.6 is 27.7 Å². The van der Waals surface area contributed by atoms with Gasteiger partial charge in [-0.3, -0.25) is 4.79 Å². The van der Waals surface area contributed by atoms with Gasteiger partial charge in [0.25, 0.3) is 5.91 Å². The lowest BCUT2D eigenvalue weighted by Crippen LogP contribution is -2.28. The van der Waals surface area contributed by atoms with Crippen LogP contribution in [0, 0.1) is 0 Å². The fraction of sp³-hybridized carbons (Fsp3) is 0.364. The minimum Gasteiger partial charge on any atom is -0.341 e. The molecule has 0 N–H and O–H groups in total. The molecule has 0 unspecified atom stereocenters. The van der Waals surface area contributed by atoms with Crippen LogP contribution in [0.2, 0.25) is 0 Å². The van der Waals surface area contributed by atoms with Crippen LogP contribution < -0.4 is 0 Å². The molecule has 1 aromatic carbocycles. The SMILES string of the molecule is CSc1ccc(C(=O)N(C)CCBr)cc1. The van der Waals surface area contributed by atoms with Crippen LogP contribution in [-0.4, -0.2) is 36.0 Å². The molecule has 0 aromatic heterocycles. The first-order chi connectivity index (χ1) is 7.19. The van der Waals surface area contributed by atoms with Gasteiger partial charge in [0, 0.05) is 29.4 Å². The van der Waals surface area contributed by atoms with Gasteiger partial charge in [0.1, 0.15) is 0 Å². The zero-order valence-corrected chi connectivity index (χ0v) is 11.3. The first kappa shape index (κ1) is 12.6. The van der Waals surface area contributed by atoms with Crippen molar-refractivity contribution in [2.45, 2.75) is 4.90 Å². The highest BCUT2D eigenvalue weighted by molar-refractivity contribution is 9.09. The maximum Gasteiger partial charge on any atom is 0.253 e. The van der Waals surface area contributed by atoms with Gasteiger partial charge in [-0.1, -0.05) is 15.9 Å². The van der Waals surface area contributed by atoms with E-state index in [2.05, 4.69) is 15.9 Å². The summed E-state index contributed by atoms with van der Waals surface area (Å²) in [6.45, 7) is 0.725. The number of hydrogen-bond acceptors (Lipinski definition) is 2. The van der Waals surface area contributed by atoms with E-state index in [1.165, 1.54) is 4.90 Å². The van der Waals surface area contributed by atoms with Gasteiger partial charge in [0.2, 0.25) is 0 Å². The monoisotopic (exact) mass is 287 g/mol. The average molecular weight is 288 g/mol. The summed E-state index contributed by atoms with van der Waals surface area (Å²) in [4.78, 5) is 14.7. The van der Waals surface area contributed by atoms with E-state index in [1.54, 1.807) is 16.7 Å². The Labute approximate surface area is 103 Å². The third-order valence-electron chi connectivity index (χ3n) is 2.10. The van der Waals surface area contributed by atoms with Crippen molar-refractivity contribution >= 4 is 33.6 Å². The Kier molecular flexibility index (Phi) is 5.19. The first-order valence-electron chi connectivity index (χ1n) is 4.64. The van der Waals surface area contributed by atoms with Crippen LogP contribution in [0.1, 0.15) is 10.4 Å². The van der Waals surface area contributed by atoms with E-state index in [-0.39, 0.29) is 5.91 Å². The molecule has 0 aliphatic carbocycles. The van der Waals surface area contributed by atoms with E-state index < -0.39 is 0 Å². The van der Waals surface area contributed by atoms with Crippen molar-refractivity contribution in [1.29, 1.82) is 0 Å². The van der Waals surface area contributed by atoms with Crippen molar-refractivity contribution < 1.29 is 4.79 Å². The summed E-state index contributed by atoms with van der Waals surface area (Å²) in [6, 6.07) is 7.69. The minimum absolute atomic E-state index is 0.0714. The average Bonchev–Trinajstić information content (AvgIpc) is 2.28. The predicted molar refractivity (Wildman–Crippen MR) is 69.0 cm³/mol. The summed E-state index contributed by atoms with van der Waals surface area (Å²) in [6.07, 6.45) is 2.02. The summed E-state index contributed by atoms with van der Waals surface area (Å²) < 4.78 is 0. The number of amides is 1. The molecule has 4 heteroatoms. The van der Waals surface area contributed by atoms with Crippen LogP contribution in [-0.2, 0) is 0 Å². The summed E-state index contributed by atoms with van der Waals surface area (Å²) in [7, 11) is 1.81. The number of alkyl halides is 1. The van der Waals surface area contributed by atoms with Crippen molar-refractivity contribution in [3.63, 3.8) is 0 Å². The Morgan fingerprint density at radius 3 is 2.47 bits per heavy atom. The molecule has 0 saturated carbocycles. The van der Waals surface area contributed by atoms with Gasteiger partial charge in [-0.15, -0.1) is 11.8 Å². The summed E-state index contributed by atoms with van der Waals surface area (Å²) in [5, 5.41) is 0.804. The second-order valence-corrected chi connectivity index (χ2v) is 4.82. The highest BCUT2D eigenvalue weighted by Crippen LogP contribution is 2.15. The molecule has 1 amide bonds. The second kappa shape index (κ2) is 6.18. The molecule has 0 atom stereocenters. The topological polar surface area (TPSA) is 20.3 Å². The number of carbonyl (C=O) groups is 1. The van der Waals surface area contributed by atoms with Gasteiger partial charge in [0.05, 0.1) is 0 Å². The number of halogens is 1. The standard InChI is InChI=1S/C11H14BrNOS/c1-13(8-7-12)11(14)9-3-5-10(15-2)6-4-9/h3-6H,7-8H2,1-2H3. The number of hydrogen-bond donors (Lipinski definition) is 0. The van der Waals surface area contributed by atoms with Crippen LogP contribution in [0.4, 0.5) is 0 Å². The molecule has 0 spiro atoms. The van der Waals surface area contributed by atoms with E-state index in [0.717, 1.165) is 17.4 Å². The van der Waals surface area contributed by atoms with Gasteiger partial charge in [-0.25, -0.2) is 0 Å². The number of nitrogens with zero attached hydrogens (tertiary/aromatic N) is 1. The van der Waals surface area contributed by atoms with Crippen molar-refractivity contribution in [2.24, 2.45) is 0 Å². The molecule has 0 fully saturated rings. The Bertz CT molecular complexity index is 326. The second-order valence-electron chi connectivity index (χ2n) is 3.14. The molecule has 0 heterocycles. The molecular formula is C11H14BrNOS. The Balaban J connectivity index is 2.73. The van der Waals surface area contributed by atoms with Crippen LogP contribution in [0.3, 0.4) is 0 Å². The third kappa shape index (κ3) is 3.54. The Morgan fingerprint density at radius 2 is 2.00 bits per heavy atom. The van der Waals surface area contributed by atoms with Gasteiger partial charge in [-0.2, -0.15) is 0 Å². The third-order valence-corrected chi connectivity index (χ3v) is 3.20. The molecule has 0 bridgehead atoms. The Morgan fingerprint density at radius 1 is 1.40 bits per heavy atom. The minimum atomic E-state index is 0.0714. The van der Waals surface area contributed by atoms with Gasteiger partial charge >= 0.3 is 0 Å². The quantitative estimate of drug-likeness (QED) is 0.627. The van der Waals surface area contributed by atoms with Gasteiger partial charge in [-0.05, 0) is 30.5 Å². The maximum absolute atomic E-state index is 11.8. The molecular weight excluding hydrogens is 274 g/mol. The summed E-state index contributed by atoms with van der Waals surface area (Å²) in [5.74, 6) is 0.0714. The van der Waals surface area contributed by atoms with Crippen molar-refractivity contribution in [1.82, 2.24) is 4.90 Å². The largest absolute Gasteiger partial charge is 0.341 e. The maximum atomic E-state index is 11.8. The summed E-state index contributed by atoms with van der Waals surface area (Å²) in [5.41, 5.74) is 0.747.